The van der Waals surface area contributed by atoms with E-state index < -0.39 is 29.5 Å². The minimum atomic E-state index is -0.870. The number of para-hydroxylation sites is 1. The second kappa shape index (κ2) is 8.06. The van der Waals surface area contributed by atoms with Crippen LogP contribution in [0.25, 0.3) is 0 Å². The number of fused-ring (bicyclic) bond motifs is 1. The number of hydrogen-bond acceptors (Lipinski definition) is 4. The summed E-state index contributed by atoms with van der Waals surface area (Å²) in [5.41, 5.74) is 6.29. The quantitative estimate of drug-likeness (QED) is 0.655. The standard InChI is InChI=1S/C23H18F2N2O4/c24-14-9-17-19(12-31-21(17)18(25)10-14)27(23(30)16-7-3-4-8-20(16)28)11-13-5-1-2-6-15(13)22(26)29/h1-10,19,28H,11-12H2,(H2,26,29). The third-order valence-corrected chi connectivity index (χ3v) is 5.18. The molecule has 0 saturated carbocycles. The van der Waals surface area contributed by atoms with Crippen molar-refractivity contribution >= 4 is 11.8 Å². The van der Waals surface area contributed by atoms with E-state index in [0.717, 1.165) is 6.07 Å². The van der Waals surface area contributed by atoms with Crippen LogP contribution in [0, 0.1) is 11.6 Å². The number of nitrogens with two attached hydrogens (primary N) is 1. The molecule has 0 bridgehead atoms. The minimum Gasteiger partial charge on any atom is -0.507 e. The van der Waals surface area contributed by atoms with Crippen LogP contribution in [0.3, 0.4) is 0 Å². The molecule has 3 N–H and O–H groups in total. The van der Waals surface area contributed by atoms with Gasteiger partial charge in [-0.25, -0.2) is 8.78 Å². The number of halogens is 2. The van der Waals surface area contributed by atoms with Gasteiger partial charge in [-0.1, -0.05) is 30.3 Å². The molecular formula is C23H18F2N2O4. The Morgan fingerprint density at radius 1 is 1.06 bits per heavy atom. The summed E-state index contributed by atoms with van der Waals surface area (Å²) in [4.78, 5) is 26.6. The summed E-state index contributed by atoms with van der Waals surface area (Å²) in [5.74, 6) is -3.33. The summed E-state index contributed by atoms with van der Waals surface area (Å²) in [7, 11) is 0. The van der Waals surface area contributed by atoms with Crippen LogP contribution in [0.4, 0.5) is 8.78 Å². The Bertz CT molecular complexity index is 1180. The zero-order valence-corrected chi connectivity index (χ0v) is 16.2. The van der Waals surface area contributed by atoms with Gasteiger partial charge in [0.1, 0.15) is 18.2 Å². The number of primary amides is 1. The summed E-state index contributed by atoms with van der Waals surface area (Å²) < 4.78 is 33.6. The molecule has 6 nitrogen and oxygen atoms in total. The zero-order chi connectivity index (χ0) is 22.1. The maximum Gasteiger partial charge on any atom is 0.258 e. The smallest absolute Gasteiger partial charge is 0.258 e. The minimum absolute atomic E-state index is 0.00406. The molecule has 2 amide bonds. The molecule has 1 unspecified atom stereocenters. The van der Waals surface area contributed by atoms with Crippen LogP contribution >= 0.6 is 0 Å². The van der Waals surface area contributed by atoms with Gasteiger partial charge in [-0.2, -0.15) is 0 Å². The summed E-state index contributed by atoms with van der Waals surface area (Å²) in [6.07, 6.45) is 0. The van der Waals surface area contributed by atoms with Crippen molar-refractivity contribution in [3.63, 3.8) is 0 Å². The van der Waals surface area contributed by atoms with E-state index in [2.05, 4.69) is 0 Å². The predicted molar refractivity (Wildman–Crippen MR) is 108 cm³/mol. The van der Waals surface area contributed by atoms with Crippen LogP contribution in [0.15, 0.2) is 60.7 Å². The Morgan fingerprint density at radius 2 is 1.74 bits per heavy atom. The van der Waals surface area contributed by atoms with Crippen LogP contribution in [0.5, 0.6) is 11.5 Å². The normalized spacial score (nSPS) is 14.6. The number of phenolic OH excluding ortho intramolecular Hbond substituents is 1. The Hall–Kier alpha value is -3.94. The molecule has 0 aliphatic carbocycles. The molecule has 0 spiro atoms. The van der Waals surface area contributed by atoms with Crippen molar-refractivity contribution in [1.82, 2.24) is 4.90 Å². The number of phenols is 1. The highest BCUT2D eigenvalue weighted by Crippen LogP contribution is 2.40. The maximum atomic E-state index is 14.2. The molecule has 1 heterocycles. The monoisotopic (exact) mass is 424 g/mol. The van der Waals surface area contributed by atoms with E-state index in [1.165, 1.54) is 23.1 Å². The van der Waals surface area contributed by atoms with E-state index in [1.807, 2.05) is 0 Å². The number of carbonyl (C=O) groups excluding carboxylic acids is 2. The molecule has 8 heteroatoms. The molecule has 1 aliphatic rings. The fourth-order valence-electron chi connectivity index (χ4n) is 3.70. The first kappa shape index (κ1) is 20.3. The Morgan fingerprint density at radius 3 is 2.45 bits per heavy atom. The molecule has 0 fully saturated rings. The van der Waals surface area contributed by atoms with Crippen molar-refractivity contribution < 1.29 is 28.2 Å². The van der Waals surface area contributed by atoms with Gasteiger partial charge in [0.25, 0.3) is 5.91 Å². The fraction of sp³-hybridized carbons (Fsp3) is 0.130. The number of aromatic hydroxyl groups is 1. The molecular weight excluding hydrogens is 406 g/mol. The molecule has 1 aliphatic heterocycles. The highest BCUT2D eigenvalue weighted by molar-refractivity contribution is 5.98. The zero-order valence-electron chi connectivity index (χ0n) is 16.2. The van der Waals surface area contributed by atoms with Crippen LogP contribution in [-0.2, 0) is 6.54 Å². The van der Waals surface area contributed by atoms with Crippen molar-refractivity contribution in [3.8, 4) is 11.5 Å². The Kier molecular flexibility index (Phi) is 5.29. The lowest BCUT2D eigenvalue weighted by molar-refractivity contribution is 0.0625. The SMILES string of the molecule is NC(=O)c1ccccc1CN(C(=O)c1ccccc1O)C1COc2c(F)cc(F)cc21. The molecule has 158 valence electrons. The molecule has 3 aromatic rings. The van der Waals surface area contributed by atoms with Crippen LogP contribution in [-0.4, -0.2) is 28.4 Å². The van der Waals surface area contributed by atoms with Gasteiger partial charge in [0.15, 0.2) is 11.6 Å². The van der Waals surface area contributed by atoms with E-state index in [0.29, 0.717) is 11.6 Å². The van der Waals surface area contributed by atoms with Gasteiger partial charge in [-0.15, -0.1) is 0 Å². The molecule has 31 heavy (non-hydrogen) atoms. The number of ether oxygens (including phenoxy) is 1. The lowest BCUT2D eigenvalue weighted by Crippen LogP contribution is -2.36. The highest BCUT2D eigenvalue weighted by Gasteiger charge is 2.36. The van der Waals surface area contributed by atoms with Crippen LogP contribution in [0.2, 0.25) is 0 Å². The van der Waals surface area contributed by atoms with Gasteiger partial charge in [-0.3, -0.25) is 9.59 Å². The number of hydrogen-bond donors (Lipinski definition) is 2. The Labute approximate surface area is 176 Å². The first-order chi connectivity index (χ1) is 14.9. The second-order valence-electron chi connectivity index (χ2n) is 7.10. The number of rotatable bonds is 5. The average Bonchev–Trinajstić information content (AvgIpc) is 3.16. The second-order valence-corrected chi connectivity index (χ2v) is 7.10. The van der Waals surface area contributed by atoms with Gasteiger partial charge in [0.2, 0.25) is 5.91 Å². The molecule has 0 saturated heterocycles. The summed E-state index contributed by atoms with van der Waals surface area (Å²) >= 11 is 0. The highest BCUT2D eigenvalue weighted by atomic mass is 19.1. The lowest BCUT2D eigenvalue weighted by atomic mass is 10.0. The number of nitrogens with zero attached hydrogens (tertiary/aromatic N) is 1. The average molecular weight is 424 g/mol. The third-order valence-electron chi connectivity index (χ3n) is 5.18. The number of amides is 2. The largest absolute Gasteiger partial charge is 0.507 e. The third kappa shape index (κ3) is 3.79. The van der Waals surface area contributed by atoms with Gasteiger partial charge < -0.3 is 20.5 Å². The van der Waals surface area contributed by atoms with E-state index in [4.69, 9.17) is 10.5 Å². The molecule has 3 aromatic carbocycles. The number of carbonyl (C=O) groups is 2. The molecule has 1 atom stereocenters. The van der Waals surface area contributed by atoms with Gasteiger partial charge >= 0.3 is 0 Å². The van der Waals surface area contributed by atoms with E-state index in [1.54, 1.807) is 30.3 Å². The van der Waals surface area contributed by atoms with E-state index in [-0.39, 0.29) is 41.3 Å². The first-order valence-electron chi connectivity index (χ1n) is 9.45. The van der Waals surface area contributed by atoms with Gasteiger partial charge in [0, 0.05) is 23.7 Å². The van der Waals surface area contributed by atoms with Crippen LogP contribution < -0.4 is 10.5 Å². The summed E-state index contributed by atoms with van der Waals surface area (Å²) in [5, 5.41) is 10.2. The van der Waals surface area contributed by atoms with Gasteiger partial charge in [0.05, 0.1) is 11.6 Å². The van der Waals surface area contributed by atoms with Crippen molar-refractivity contribution in [2.24, 2.45) is 5.73 Å². The molecule has 0 aromatic heterocycles. The maximum absolute atomic E-state index is 14.2. The first-order valence-corrected chi connectivity index (χ1v) is 9.45. The Balaban J connectivity index is 1.81. The van der Waals surface area contributed by atoms with E-state index >= 15 is 0 Å². The summed E-state index contributed by atoms with van der Waals surface area (Å²) in [6, 6.07) is 13.4. The fourth-order valence-corrected chi connectivity index (χ4v) is 3.70. The summed E-state index contributed by atoms with van der Waals surface area (Å²) in [6.45, 7) is -0.217. The van der Waals surface area contributed by atoms with Crippen molar-refractivity contribution in [2.45, 2.75) is 12.6 Å². The predicted octanol–water partition coefficient (Wildman–Crippen LogP) is 3.55. The lowest BCUT2D eigenvalue weighted by Gasteiger charge is -2.29. The number of benzene rings is 3. The molecule has 4 rings (SSSR count). The van der Waals surface area contributed by atoms with E-state index in [9.17, 15) is 23.5 Å². The topological polar surface area (TPSA) is 92.9 Å². The van der Waals surface area contributed by atoms with Crippen molar-refractivity contribution in [2.75, 3.05) is 6.61 Å². The molecule has 0 radical (unpaired) electrons. The van der Waals surface area contributed by atoms with Crippen LogP contribution in [0.1, 0.15) is 37.9 Å². The van der Waals surface area contributed by atoms with Crippen molar-refractivity contribution in [1.29, 1.82) is 0 Å². The van der Waals surface area contributed by atoms with Crippen molar-refractivity contribution in [3.05, 3.63) is 94.6 Å². The van der Waals surface area contributed by atoms with Gasteiger partial charge in [-0.05, 0) is 29.8 Å².